The van der Waals surface area contributed by atoms with E-state index < -0.39 is 10.0 Å². The Hall–Kier alpha value is -1.14. The molecule has 1 heterocycles. The molecule has 105 valence electrons. The largest absolute Gasteiger partial charge is 0.369 e. The minimum absolute atomic E-state index is 0.101. The van der Waals surface area contributed by atoms with Crippen LogP contribution in [-0.4, -0.2) is 44.7 Å². The third-order valence-electron chi connectivity index (χ3n) is 3.23. The van der Waals surface area contributed by atoms with Crippen molar-refractivity contribution in [2.24, 2.45) is 0 Å². The Labute approximate surface area is 113 Å². The fourth-order valence-corrected chi connectivity index (χ4v) is 3.53. The van der Waals surface area contributed by atoms with Gasteiger partial charge in [-0.2, -0.15) is 4.31 Å². The van der Waals surface area contributed by atoms with Crippen LogP contribution >= 0.6 is 0 Å². The molecule has 0 amide bonds. The van der Waals surface area contributed by atoms with Crippen LogP contribution in [0.2, 0.25) is 0 Å². The molecule has 1 radical (unpaired) electrons. The van der Waals surface area contributed by atoms with E-state index in [4.69, 9.17) is 0 Å². The number of halogens is 1. The second kappa shape index (κ2) is 5.88. The lowest BCUT2D eigenvalue weighted by Gasteiger charge is -2.35. The van der Waals surface area contributed by atoms with E-state index in [1.807, 2.05) is 0 Å². The van der Waals surface area contributed by atoms with Crippen molar-refractivity contribution in [3.63, 3.8) is 0 Å². The van der Waals surface area contributed by atoms with Crippen LogP contribution in [0.4, 0.5) is 10.1 Å². The van der Waals surface area contributed by atoms with Gasteiger partial charge in [-0.15, -0.1) is 0 Å². The first-order chi connectivity index (χ1) is 9.03. The predicted molar refractivity (Wildman–Crippen MR) is 73.9 cm³/mol. The first kappa shape index (κ1) is 14.3. The van der Waals surface area contributed by atoms with E-state index in [2.05, 4.69) is 11.8 Å². The molecule has 1 aromatic carbocycles. The summed E-state index contributed by atoms with van der Waals surface area (Å²) in [6.07, 6.45) is 0.389. The molecule has 1 aliphatic rings. The van der Waals surface area contributed by atoms with Crippen LogP contribution < -0.4 is 4.90 Å². The van der Waals surface area contributed by atoms with E-state index in [0.29, 0.717) is 32.6 Å². The van der Waals surface area contributed by atoms with Gasteiger partial charge in [0, 0.05) is 31.9 Å². The van der Waals surface area contributed by atoms with Crippen molar-refractivity contribution < 1.29 is 12.8 Å². The number of rotatable bonds is 4. The van der Waals surface area contributed by atoms with Gasteiger partial charge in [-0.3, -0.25) is 0 Å². The van der Waals surface area contributed by atoms with Crippen LogP contribution in [0.1, 0.15) is 6.42 Å². The summed E-state index contributed by atoms with van der Waals surface area (Å²) in [7, 11) is -3.16. The highest BCUT2D eigenvalue weighted by Gasteiger charge is 2.26. The monoisotopic (exact) mass is 285 g/mol. The maximum absolute atomic E-state index is 12.8. The molecule has 1 saturated heterocycles. The van der Waals surface area contributed by atoms with Crippen LogP contribution in [0, 0.1) is 12.7 Å². The summed E-state index contributed by atoms with van der Waals surface area (Å²) in [5.74, 6) is -0.163. The molecule has 0 aromatic heterocycles. The third kappa shape index (κ3) is 3.45. The van der Waals surface area contributed by atoms with Crippen LogP contribution in [0.3, 0.4) is 0 Å². The third-order valence-corrected chi connectivity index (χ3v) is 5.18. The molecular weight excluding hydrogens is 267 g/mol. The zero-order valence-electron chi connectivity index (χ0n) is 10.8. The summed E-state index contributed by atoms with van der Waals surface area (Å²) < 4.78 is 38.1. The Morgan fingerprint density at radius 1 is 1.11 bits per heavy atom. The first-order valence-electron chi connectivity index (χ1n) is 6.30. The molecule has 19 heavy (non-hydrogen) atoms. The van der Waals surface area contributed by atoms with Gasteiger partial charge in [0.25, 0.3) is 0 Å². The van der Waals surface area contributed by atoms with E-state index in [1.54, 1.807) is 12.1 Å². The molecule has 0 unspecified atom stereocenters. The zero-order chi connectivity index (χ0) is 13.9. The highest BCUT2D eigenvalue weighted by Crippen LogP contribution is 2.18. The Bertz CT molecular complexity index is 508. The molecule has 0 saturated carbocycles. The van der Waals surface area contributed by atoms with E-state index in [9.17, 15) is 12.8 Å². The zero-order valence-corrected chi connectivity index (χ0v) is 11.6. The predicted octanol–water partition coefficient (Wildman–Crippen LogP) is 1.50. The number of nitrogens with zero attached hydrogens (tertiary/aromatic N) is 2. The second-order valence-electron chi connectivity index (χ2n) is 4.53. The number of anilines is 1. The number of hydrogen-bond acceptors (Lipinski definition) is 3. The van der Waals surface area contributed by atoms with Crippen LogP contribution in [0.15, 0.2) is 24.3 Å². The minimum atomic E-state index is -3.16. The summed E-state index contributed by atoms with van der Waals surface area (Å²) in [6, 6.07) is 6.27. The van der Waals surface area contributed by atoms with Gasteiger partial charge >= 0.3 is 0 Å². The summed E-state index contributed by atoms with van der Waals surface area (Å²) in [5, 5.41) is 0. The van der Waals surface area contributed by atoms with Crippen LogP contribution in [0.25, 0.3) is 0 Å². The highest BCUT2D eigenvalue weighted by atomic mass is 32.2. The Morgan fingerprint density at radius 2 is 1.68 bits per heavy atom. The van der Waals surface area contributed by atoms with Crippen molar-refractivity contribution in [1.82, 2.24) is 4.31 Å². The molecule has 0 aliphatic carbocycles. The van der Waals surface area contributed by atoms with Gasteiger partial charge in [-0.25, -0.2) is 12.8 Å². The Morgan fingerprint density at radius 3 is 2.21 bits per heavy atom. The molecule has 0 N–H and O–H groups in total. The molecule has 2 rings (SSSR count). The maximum Gasteiger partial charge on any atom is 0.214 e. The molecule has 0 bridgehead atoms. The minimum Gasteiger partial charge on any atom is -0.369 e. The summed E-state index contributed by atoms with van der Waals surface area (Å²) >= 11 is 0. The molecule has 1 aromatic rings. The van der Waals surface area contributed by atoms with Crippen molar-refractivity contribution in [1.29, 1.82) is 0 Å². The lowest BCUT2D eigenvalue weighted by atomic mass is 10.2. The summed E-state index contributed by atoms with van der Waals surface area (Å²) in [4.78, 5) is 2.07. The second-order valence-corrected chi connectivity index (χ2v) is 6.62. The van der Waals surface area contributed by atoms with Crippen molar-refractivity contribution >= 4 is 15.7 Å². The molecular formula is C13H18FN2O2S. The topological polar surface area (TPSA) is 40.6 Å². The van der Waals surface area contributed by atoms with Crippen molar-refractivity contribution in [2.75, 3.05) is 36.8 Å². The smallest absolute Gasteiger partial charge is 0.214 e. The van der Waals surface area contributed by atoms with E-state index in [-0.39, 0.29) is 11.6 Å². The lowest BCUT2D eigenvalue weighted by Crippen LogP contribution is -2.49. The van der Waals surface area contributed by atoms with E-state index >= 15 is 0 Å². The van der Waals surface area contributed by atoms with Gasteiger partial charge in [0.1, 0.15) is 5.82 Å². The summed E-state index contributed by atoms with van der Waals surface area (Å²) in [6.45, 7) is 5.78. The van der Waals surface area contributed by atoms with Gasteiger partial charge in [0.15, 0.2) is 0 Å². The highest BCUT2D eigenvalue weighted by molar-refractivity contribution is 7.89. The number of piperazine rings is 1. The van der Waals surface area contributed by atoms with Crippen molar-refractivity contribution in [2.45, 2.75) is 6.42 Å². The van der Waals surface area contributed by atoms with Gasteiger partial charge < -0.3 is 4.90 Å². The molecule has 0 spiro atoms. The number of benzene rings is 1. The van der Waals surface area contributed by atoms with Gasteiger partial charge in [-0.05, 0) is 30.7 Å². The molecule has 0 atom stereocenters. The molecule has 1 aliphatic heterocycles. The van der Waals surface area contributed by atoms with Gasteiger partial charge in [0.2, 0.25) is 10.0 Å². The molecule has 1 fully saturated rings. The van der Waals surface area contributed by atoms with Crippen LogP contribution in [-0.2, 0) is 10.0 Å². The summed E-state index contributed by atoms with van der Waals surface area (Å²) in [5.41, 5.74) is 0.926. The van der Waals surface area contributed by atoms with Crippen LogP contribution in [0.5, 0.6) is 0 Å². The Kier molecular flexibility index (Phi) is 4.42. The fourth-order valence-electron chi connectivity index (χ4n) is 2.19. The van der Waals surface area contributed by atoms with Crippen molar-refractivity contribution in [3.8, 4) is 0 Å². The van der Waals surface area contributed by atoms with E-state index in [1.165, 1.54) is 16.4 Å². The normalized spacial score (nSPS) is 17.7. The Balaban J connectivity index is 1.98. The first-order valence-corrected chi connectivity index (χ1v) is 7.91. The number of sulfonamides is 1. The average Bonchev–Trinajstić information content (AvgIpc) is 2.40. The quantitative estimate of drug-likeness (QED) is 0.842. The molecule has 6 heteroatoms. The van der Waals surface area contributed by atoms with Gasteiger partial charge in [0.05, 0.1) is 5.75 Å². The van der Waals surface area contributed by atoms with E-state index in [0.717, 1.165) is 5.69 Å². The molecule has 4 nitrogen and oxygen atoms in total. The average molecular weight is 285 g/mol. The van der Waals surface area contributed by atoms with Gasteiger partial charge in [-0.1, -0.05) is 6.92 Å². The van der Waals surface area contributed by atoms with Crippen molar-refractivity contribution in [3.05, 3.63) is 37.0 Å². The fraction of sp³-hybridized carbons (Fsp3) is 0.462. The lowest BCUT2D eigenvalue weighted by molar-refractivity contribution is 0.385. The standard InChI is InChI=1S/C13H18FN2O2S/c1-2-11-19(17,18)16-9-7-15(8-10-16)13-5-3-12(14)4-6-13/h3-6H,1-2,7-11H2. The number of hydrogen-bond donors (Lipinski definition) is 0. The maximum atomic E-state index is 12.8. The SMILES string of the molecule is [CH2]CCS(=O)(=O)N1CCN(c2ccc(F)cc2)CC1.